The van der Waals surface area contributed by atoms with Crippen molar-refractivity contribution in [1.82, 2.24) is 4.90 Å². The van der Waals surface area contributed by atoms with Gasteiger partial charge in [-0.2, -0.15) is 0 Å². The van der Waals surface area contributed by atoms with Gasteiger partial charge in [-0.15, -0.1) is 0 Å². The molecule has 4 nitrogen and oxygen atoms in total. The molecule has 0 saturated heterocycles. The molecule has 0 radical (unpaired) electrons. The van der Waals surface area contributed by atoms with E-state index in [1.165, 1.54) is 24.2 Å². The second kappa shape index (κ2) is 8.69. The zero-order chi connectivity index (χ0) is 15.8. The number of unbranched alkanes of at least 4 members (excludes halogenated alkanes) is 4. The monoisotopic (exact) mass is 303 g/mol. The van der Waals surface area contributed by atoms with Crippen molar-refractivity contribution >= 4 is 11.8 Å². The van der Waals surface area contributed by atoms with E-state index in [1.54, 1.807) is 24.3 Å². The van der Waals surface area contributed by atoms with Gasteiger partial charge < -0.3 is 4.74 Å². The zero-order valence-corrected chi connectivity index (χ0v) is 13.3. The SMILES string of the molecule is CCCCCCOCCCCN1C(=O)c2ccccc2C1=O. The van der Waals surface area contributed by atoms with Crippen molar-refractivity contribution in [3.63, 3.8) is 0 Å². The maximum atomic E-state index is 12.1. The fourth-order valence-corrected chi connectivity index (χ4v) is 2.65. The van der Waals surface area contributed by atoms with Gasteiger partial charge in [0.2, 0.25) is 0 Å². The summed E-state index contributed by atoms with van der Waals surface area (Å²) in [7, 11) is 0. The lowest BCUT2D eigenvalue weighted by molar-refractivity contribution is 0.0642. The molecule has 0 fully saturated rings. The van der Waals surface area contributed by atoms with Crippen LogP contribution in [0.25, 0.3) is 0 Å². The molecule has 0 bridgehead atoms. The highest BCUT2D eigenvalue weighted by Crippen LogP contribution is 2.22. The highest BCUT2D eigenvalue weighted by atomic mass is 16.5. The number of hydrogen-bond donors (Lipinski definition) is 0. The fourth-order valence-electron chi connectivity index (χ4n) is 2.65. The summed E-state index contributed by atoms with van der Waals surface area (Å²) in [5, 5.41) is 0. The van der Waals surface area contributed by atoms with E-state index in [0.717, 1.165) is 25.9 Å². The molecule has 1 aromatic rings. The summed E-state index contributed by atoms with van der Waals surface area (Å²) in [4.78, 5) is 25.6. The van der Waals surface area contributed by atoms with Crippen LogP contribution in [0.2, 0.25) is 0 Å². The van der Waals surface area contributed by atoms with Gasteiger partial charge in [0, 0.05) is 19.8 Å². The van der Waals surface area contributed by atoms with Crippen LogP contribution in [0.15, 0.2) is 24.3 Å². The summed E-state index contributed by atoms with van der Waals surface area (Å²) in [5.41, 5.74) is 1.05. The van der Waals surface area contributed by atoms with Gasteiger partial charge in [0.25, 0.3) is 11.8 Å². The van der Waals surface area contributed by atoms with Crippen LogP contribution in [0.4, 0.5) is 0 Å². The Morgan fingerprint density at radius 2 is 1.45 bits per heavy atom. The first-order valence-corrected chi connectivity index (χ1v) is 8.28. The molecule has 4 heteroatoms. The smallest absolute Gasteiger partial charge is 0.261 e. The van der Waals surface area contributed by atoms with Crippen LogP contribution in [-0.2, 0) is 4.74 Å². The van der Waals surface area contributed by atoms with Gasteiger partial charge in [0.15, 0.2) is 0 Å². The number of imide groups is 1. The van der Waals surface area contributed by atoms with Gasteiger partial charge in [-0.05, 0) is 31.4 Å². The summed E-state index contributed by atoms with van der Waals surface area (Å²) in [6.07, 6.45) is 6.52. The summed E-state index contributed by atoms with van der Waals surface area (Å²) < 4.78 is 5.57. The molecule has 0 aromatic heterocycles. The highest BCUT2D eigenvalue weighted by Gasteiger charge is 2.34. The Morgan fingerprint density at radius 3 is 2.05 bits per heavy atom. The van der Waals surface area contributed by atoms with Crippen molar-refractivity contribution in [3.8, 4) is 0 Å². The third-order valence-electron chi connectivity index (χ3n) is 3.94. The van der Waals surface area contributed by atoms with Gasteiger partial charge >= 0.3 is 0 Å². The van der Waals surface area contributed by atoms with E-state index < -0.39 is 0 Å². The second-order valence-corrected chi connectivity index (χ2v) is 5.69. The average Bonchev–Trinajstić information content (AvgIpc) is 2.78. The maximum Gasteiger partial charge on any atom is 0.261 e. The third kappa shape index (κ3) is 4.17. The number of ether oxygens (including phenoxy) is 1. The van der Waals surface area contributed by atoms with Crippen molar-refractivity contribution in [2.24, 2.45) is 0 Å². The minimum Gasteiger partial charge on any atom is -0.381 e. The molecule has 0 N–H and O–H groups in total. The van der Waals surface area contributed by atoms with Crippen LogP contribution in [0, 0.1) is 0 Å². The molecule has 2 amide bonds. The van der Waals surface area contributed by atoms with Crippen LogP contribution < -0.4 is 0 Å². The van der Waals surface area contributed by atoms with Crippen LogP contribution in [0.5, 0.6) is 0 Å². The van der Waals surface area contributed by atoms with E-state index in [0.29, 0.717) is 24.3 Å². The summed E-state index contributed by atoms with van der Waals surface area (Å²) in [6, 6.07) is 7.02. The van der Waals surface area contributed by atoms with E-state index in [4.69, 9.17) is 4.74 Å². The minimum atomic E-state index is -0.166. The Balaban J connectivity index is 1.63. The number of amides is 2. The number of carbonyl (C=O) groups excluding carboxylic acids is 2. The summed E-state index contributed by atoms with van der Waals surface area (Å²) >= 11 is 0. The Kier molecular flexibility index (Phi) is 6.59. The predicted octanol–water partition coefficient (Wildman–Crippen LogP) is 3.66. The average molecular weight is 303 g/mol. The normalized spacial score (nSPS) is 13.8. The lowest BCUT2D eigenvalue weighted by Gasteiger charge is -2.13. The quantitative estimate of drug-likeness (QED) is 0.489. The maximum absolute atomic E-state index is 12.1. The number of fused-ring (bicyclic) bond motifs is 1. The summed E-state index contributed by atoms with van der Waals surface area (Å²) in [6.45, 7) is 4.19. The van der Waals surface area contributed by atoms with E-state index in [9.17, 15) is 9.59 Å². The van der Waals surface area contributed by atoms with Gasteiger partial charge in [0.1, 0.15) is 0 Å². The number of carbonyl (C=O) groups is 2. The van der Waals surface area contributed by atoms with E-state index in [2.05, 4.69) is 6.92 Å². The fraction of sp³-hybridized carbons (Fsp3) is 0.556. The van der Waals surface area contributed by atoms with Crippen molar-refractivity contribution in [2.45, 2.75) is 45.4 Å². The van der Waals surface area contributed by atoms with Crippen LogP contribution in [-0.4, -0.2) is 36.5 Å². The van der Waals surface area contributed by atoms with Gasteiger partial charge in [-0.1, -0.05) is 38.3 Å². The third-order valence-corrected chi connectivity index (χ3v) is 3.94. The number of rotatable bonds is 10. The number of nitrogens with zero attached hydrogens (tertiary/aromatic N) is 1. The summed E-state index contributed by atoms with van der Waals surface area (Å²) in [5.74, 6) is -0.331. The molecule has 2 rings (SSSR count). The zero-order valence-electron chi connectivity index (χ0n) is 13.3. The lowest BCUT2D eigenvalue weighted by Crippen LogP contribution is -2.30. The molecule has 1 heterocycles. The molecule has 120 valence electrons. The van der Waals surface area contributed by atoms with Crippen LogP contribution in [0.3, 0.4) is 0 Å². The Hall–Kier alpha value is -1.68. The largest absolute Gasteiger partial charge is 0.381 e. The van der Waals surface area contributed by atoms with Crippen LogP contribution >= 0.6 is 0 Å². The molecule has 0 spiro atoms. The second-order valence-electron chi connectivity index (χ2n) is 5.69. The van der Waals surface area contributed by atoms with Crippen molar-refractivity contribution in [2.75, 3.05) is 19.8 Å². The van der Waals surface area contributed by atoms with Gasteiger partial charge in [0.05, 0.1) is 11.1 Å². The highest BCUT2D eigenvalue weighted by molar-refractivity contribution is 6.21. The lowest BCUT2D eigenvalue weighted by atomic mass is 10.1. The first-order chi connectivity index (χ1) is 10.8. The number of hydrogen-bond acceptors (Lipinski definition) is 3. The molecule has 0 atom stereocenters. The Morgan fingerprint density at radius 1 is 0.864 bits per heavy atom. The molecule has 22 heavy (non-hydrogen) atoms. The Labute approximate surface area is 132 Å². The minimum absolute atomic E-state index is 0.166. The Bertz CT molecular complexity index is 478. The molecule has 1 aromatic carbocycles. The molecule has 0 saturated carbocycles. The molecule has 0 unspecified atom stereocenters. The van der Waals surface area contributed by atoms with Crippen LogP contribution in [0.1, 0.15) is 66.2 Å². The molecule has 1 aliphatic rings. The van der Waals surface area contributed by atoms with E-state index in [1.807, 2.05) is 0 Å². The van der Waals surface area contributed by atoms with Crippen molar-refractivity contribution < 1.29 is 14.3 Å². The van der Waals surface area contributed by atoms with E-state index >= 15 is 0 Å². The topological polar surface area (TPSA) is 46.6 Å². The van der Waals surface area contributed by atoms with E-state index in [-0.39, 0.29) is 11.8 Å². The predicted molar refractivity (Wildman–Crippen MR) is 86.0 cm³/mol. The first kappa shape index (κ1) is 16.7. The van der Waals surface area contributed by atoms with Gasteiger partial charge in [-0.25, -0.2) is 0 Å². The standard InChI is InChI=1S/C18H25NO3/c1-2-3-4-8-13-22-14-9-7-12-19-17(20)15-10-5-6-11-16(15)18(19)21/h5-6,10-11H,2-4,7-9,12-14H2,1H3. The first-order valence-electron chi connectivity index (χ1n) is 8.28. The van der Waals surface area contributed by atoms with Gasteiger partial charge in [-0.3, -0.25) is 14.5 Å². The molecule has 1 aliphatic heterocycles. The molecular weight excluding hydrogens is 278 g/mol. The molecular formula is C18H25NO3. The molecule has 0 aliphatic carbocycles. The van der Waals surface area contributed by atoms with Crippen molar-refractivity contribution in [3.05, 3.63) is 35.4 Å². The van der Waals surface area contributed by atoms with Crippen molar-refractivity contribution in [1.29, 1.82) is 0 Å². The number of benzene rings is 1.